The number of aromatic hydroxyl groups is 4. The van der Waals surface area contributed by atoms with E-state index in [9.17, 15) is 40.9 Å². The number of allylic oxidation sites excluding steroid dienone is 2. The monoisotopic (exact) mass is 560 g/mol. The van der Waals surface area contributed by atoms with Crippen molar-refractivity contribution in [2.75, 3.05) is 0 Å². The van der Waals surface area contributed by atoms with Gasteiger partial charge in [-0.05, 0) is 38.7 Å². The maximum Gasteiger partial charge on any atom is 0.204 e. The lowest BCUT2D eigenvalue weighted by Gasteiger charge is -2.40. The van der Waals surface area contributed by atoms with Crippen molar-refractivity contribution in [2.24, 2.45) is 5.92 Å². The van der Waals surface area contributed by atoms with Crippen LogP contribution < -0.4 is 0 Å². The van der Waals surface area contributed by atoms with E-state index >= 15 is 0 Å². The Morgan fingerprint density at radius 1 is 0.452 bits per heavy atom. The minimum Gasteiger partial charge on any atom is -0.508 e. The smallest absolute Gasteiger partial charge is 0.204 e. The van der Waals surface area contributed by atoms with E-state index in [-0.39, 0.29) is 22.3 Å². The van der Waals surface area contributed by atoms with Gasteiger partial charge in [0.2, 0.25) is 23.0 Å². The Kier molecular flexibility index (Phi) is 5.33. The van der Waals surface area contributed by atoms with Crippen molar-refractivity contribution in [3.05, 3.63) is 136 Å². The molecule has 208 valence electrons. The van der Waals surface area contributed by atoms with Gasteiger partial charge in [-0.15, -0.1) is 0 Å². The summed E-state index contributed by atoms with van der Waals surface area (Å²) in [5.41, 5.74) is 0.746. The molecule has 0 aliphatic heterocycles. The van der Waals surface area contributed by atoms with Gasteiger partial charge in [0.1, 0.15) is 5.76 Å². The summed E-state index contributed by atoms with van der Waals surface area (Å²) in [5.74, 6) is -9.22. The standard InChI is InChI=1S/C34H24O8/c35-27-23-21(19-11-9-15-5-1-3-7-17(15)13-19)24-26(30(38)34(42)32(40)28(24)36)22(25(23)29(37)33(41)31(27)39)20-12-10-16-6-2-4-8-18(16)14-20/h1-14,21,23,35-42H. The van der Waals surface area contributed by atoms with E-state index in [4.69, 9.17) is 0 Å². The van der Waals surface area contributed by atoms with E-state index in [1.54, 1.807) is 30.3 Å². The van der Waals surface area contributed by atoms with Gasteiger partial charge in [0.05, 0.1) is 5.92 Å². The highest BCUT2D eigenvalue weighted by Gasteiger charge is 2.49. The van der Waals surface area contributed by atoms with Crippen LogP contribution in [0.15, 0.2) is 114 Å². The van der Waals surface area contributed by atoms with Crippen molar-refractivity contribution in [1.82, 2.24) is 0 Å². The van der Waals surface area contributed by atoms with Crippen LogP contribution >= 0.6 is 0 Å². The molecule has 7 rings (SSSR count). The molecule has 2 atom stereocenters. The van der Waals surface area contributed by atoms with E-state index < -0.39 is 57.9 Å². The molecule has 5 aromatic rings. The molecule has 2 unspecified atom stereocenters. The number of hydrogen-bond donors (Lipinski definition) is 8. The van der Waals surface area contributed by atoms with Gasteiger partial charge in [0.15, 0.2) is 17.3 Å². The Hall–Kier alpha value is -5.76. The van der Waals surface area contributed by atoms with Crippen molar-refractivity contribution < 1.29 is 40.9 Å². The first-order valence-electron chi connectivity index (χ1n) is 13.2. The van der Waals surface area contributed by atoms with Crippen LogP contribution in [-0.2, 0) is 0 Å². The number of hydrogen-bond acceptors (Lipinski definition) is 8. The van der Waals surface area contributed by atoms with Crippen LogP contribution in [0.3, 0.4) is 0 Å². The quantitative estimate of drug-likeness (QED) is 0.0841. The third-order valence-corrected chi connectivity index (χ3v) is 8.32. The lowest BCUT2D eigenvalue weighted by molar-refractivity contribution is 0.217. The zero-order valence-corrected chi connectivity index (χ0v) is 21.8. The molecule has 0 bridgehead atoms. The lowest BCUT2D eigenvalue weighted by atomic mass is 9.64. The average Bonchev–Trinajstić information content (AvgIpc) is 3.02. The zero-order chi connectivity index (χ0) is 29.4. The SMILES string of the molecule is OC1=C(O)C2=C(c3ccc4ccccc4c3)c3c(O)c(O)c(O)c(O)c3C(c3ccc4ccccc4c3)C2C(O)=C1O. The van der Waals surface area contributed by atoms with Gasteiger partial charge in [-0.1, -0.05) is 78.9 Å². The van der Waals surface area contributed by atoms with Crippen LogP contribution in [0, 0.1) is 5.92 Å². The first-order chi connectivity index (χ1) is 20.2. The zero-order valence-electron chi connectivity index (χ0n) is 21.8. The number of benzene rings is 5. The fraction of sp³-hybridized carbons (Fsp3) is 0.0588. The summed E-state index contributed by atoms with van der Waals surface area (Å²) in [6.45, 7) is 0. The molecular formula is C34H24O8. The molecule has 2 aliphatic carbocycles. The lowest BCUT2D eigenvalue weighted by Crippen LogP contribution is -2.30. The van der Waals surface area contributed by atoms with Crippen LogP contribution in [0.1, 0.15) is 28.2 Å². The van der Waals surface area contributed by atoms with Crippen molar-refractivity contribution in [3.8, 4) is 23.0 Å². The molecule has 42 heavy (non-hydrogen) atoms. The second-order valence-corrected chi connectivity index (χ2v) is 10.5. The Morgan fingerprint density at radius 3 is 1.69 bits per heavy atom. The first-order valence-corrected chi connectivity index (χ1v) is 13.2. The molecule has 0 radical (unpaired) electrons. The molecule has 2 aliphatic rings. The van der Waals surface area contributed by atoms with Gasteiger partial charge in [0.25, 0.3) is 0 Å². The van der Waals surface area contributed by atoms with E-state index in [1.807, 2.05) is 54.6 Å². The minimum absolute atomic E-state index is 0.0523. The highest BCUT2D eigenvalue weighted by atomic mass is 16.4. The highest BCUT2D eigenvalue weighted by Crippen LogP contribution is 2.62. The molecule has 0 heterocycles. The van der Waals surface area contributed by atoms with Crippen LogP contribution in [0.2, 0.25) is 0 Å². The molecular weight excluding hydrogens is 536 g/mol. The van der Waals surface area contributed by atoms with E-state index in [1.165, 1.54) is 0 Å². The van der Waals surface area contributed by atoms with Crippen molar-refractivity contribution in [2.45, 2.75) is 5.92 Å². The van der Waals surface area contributed by atoms with Gasteiger partial charge in [-0.3, -0.25) is 0 Å². The number of phenols is 4. The predicted octanol–water partition coefficient (Wildman–Crippen LogP) is 7.05. The number of aliphatic hydroxyl groups is 4. The average molecular weight is 561 g/mol. The van der Waals surface area contributed by atoms with E-state index in [0.29, 0.717) is 11.1 Å². The van der Waals surface area contributed by atoms with Gasteiger partial charge in [-0.25, -0.2) is 0 Å². The number of fused-ring (bicyclic) bond motifs is 4. The Labute approximate surface area is 238 Å². The van der Waals surface area contributed by atoms with Gasteiger partial charge in [0, 0.05) is 28.2 Å². The fourth-order valence-electron chi connectivity index (χ4n) is 6.37. The van der Waals surface area contributed by atoms with Gasteiger partial charge < -0.3 is 40.9 Å². The molecule has 0 amide bonds. The van der Waals surface area contributed by atoms with Crippen LogP contribution in [0.4, 0.5) is 0 Å². The highest BCUT2D eigenvalue weighted by molar-refractivity contribution is 5.98. The molecule has 8 N–H and O–H groups in total. The number of aliphatic hydroxyl groups excluding tert-OH is 4. The molecule has 0 aromatic heterocycles. The fourth-order valence-corrected chi connectivity index (χ4v) is 6.37. The maximum absolute atomic E-state index is 11.4. The van der Waals surface area contributed by atoms with Crippen molar-refractivity contribution in [3.63, 3.8) is 0 Å². The predicted molar refractivity (Wildman–Crippen MR) is 157 cm³/mol. The summed E-state index contributed by atoms with van der Waals surface area (Å²) in [5, 5.41) is 91.6. The topological polar surface area (TPSA) is 162 Å². The van der Waals surface area contributed by atoms with E-state index in [2.05, 4.69) is 0 Å². The summed E-state index contributed by atoms with van der Waals surface area (Å²) in [6.07, 6.45) is 0. The molecule has 5 aromatic carbocycles. The second-order valence-electron chi connectivity index (χ2n) is 10.5. The van der Waals surface area contributed by atoms with Crippen LogP contribution in [0.25, 0.3) is 27.1 Å². The number of phenolic OH excluding ortho intramolecular Hbond substituents is 4. The summed E-state index contributed by atoms with van der Waals surface area (Å²) in [4.78, 5) is 0. The van der Waals surface area contributed by atoms with E-state index in [0.717, 1.165) is 21.5 Å². The van der Waals surface area contributed by atoms with Crippen LogP contribution in [0.5, 0.6) is 23.0 Å². The summed E-state index contributed by atoms with van der Waals surface area (Å²) >= 11 is 0. The Bertz CT molecular complexity index is 2090. The molecule has 8 nitrogen and oxygen atoms in total. The first kappa shape index (κ1) is 25.2. The largest absolute Gasteiger partial charge is 0.508 e. The third-order valence-electron chi connectivity index (χ3n) is 8.32. The molecule has 0 saturated heterocycles. The second kappa shape index (κ2) is 8.87. The van der Waals surface area contributed by atoms with Gasteiger partial charge >= 0.3 is 0 Å². The summed E-state index contributed by atoms with van der Waals surface area (Å²) < 4.78 is 0. The van der Waals surface area contributed by atoms with Crippen molar-refractivity contribution >= 4 is 27.1 Å². The molecule has 0 spiro atoms. The van der Waals surface area contributed by atoms with Crippen molar-refractivity contribution in [1.29, 1.82) is 0 Å². The minimum atomic E-state index is -1.29. The molecule has 8 heteroatoms. The maximum atomic E-state index is 11.4. The number of rotatable bonds is 2. The van der Waals surface area contributed by atoms with Gasteiger partial charge in [-0.2, -0.15) is 0 Å². The Morgan fingerprint density at radius 2 is 1.02 bits per heavy atom. The summed E-state index contributed by atoms with van der Waals surface area (Å²) in [6, 6.07) is 25.5. The molecule has 0 fully saturated rings. The normalized spacial score (nSPS) is 18.5. The summed E-state index contributed by atoms with van der Waals surface area (Å²) in [7, 11) is 0. The van der Waals surface area contributed by atoms with Crippen LogP contribution in [-0.4, -0.2) is 40.9 Å². The molecule has 0 saturated carbocycles. The third kappa shape index (κ3) is 3.35. The Balaban J connectivity index is 1.65.